The van der Waals surface area contributed by atoms with Crippen molar-refractivity contribution >= 4 is 5.97 Å². The highest BCUT2D eigenvalue weighted by Crippen LogP contribution is 2.30. The van der Waals surface area contributed by atoms with Gasteiger partial charge in [-0.05, 0) is 27.7 Å². The van der Waals surface area contributed by atoms with Gasteiger partial charge in [0.15, 0.2) is 0 Å². The summed E-state index contributed by atoms with van der Waals surface area (Å²) in [6, 6.07) is 1.93. The van der Waals surface area contributed by atoms with Crippen LogP contribution in [0.25, 0.3) is 0 Å². The molecule has 0 spiro atoms. The molecular weight excluding hydrogens is 168 g/mol. The molecule has 0 aliphatic rings. The molecule has 0 aromatic heterocycles. The zero-order valence-corrected chi connectivity index (χ0v) is 8.51. The summed E-state index contributed by atoms with van der Waals surface area (Å²) in [7, 11) is 0. The van der Waals surface area contributed by atoms with Gasteiger partial charge in [-0.3, -0.25) is 10.1 Å². The van der Waals surface area contributed by atoms with E-state index in [4.69, 9.17) is 10.4 Å². The van der Waals surface area contributed by atoms with Crippen molar-refractivity contribution in [1.82, 2.24) is 5.32 Å². The molecule has 0 aliphatic carbocycles. The molecule has 0 aromatic carbocycles. The first-order valence-electron chi connectivity index (χ1n) is 4.11. The minimum absolute atomic E-state index is 0.156. The largest absolute Gasteiger partial charge is 0.481 e. The lowest BCUT2D eigenvalue weighted by Crippen LogP contribution is -2.55. The Bertz CT molecular complexity index is 238. The van der Waals surface area contributed by atoms with Gasteiger partial charge in [0, 0.05) is 5.54 Å². The van der Waals surface area contributed by atoms with Crippen molar-refractivity contribution in [3.05, 3.63) is 0 Å². The van der Waals surface area contributed by atoms with Crippen molar-refractivity contribution in [3.8, 4) is 6.07 Å². The molecule has 0 saturated carbocycles. The maximum Gasteiger partial charge on any atom is 0.310 e. The molecule has 4 nitrogen and oxygen atoms in total. The Hall–Kier alpha value is -1.08. The zero-order chi connectivity index (χ0) is 10.7. The van der Waals surface area contributed by atoms with E-state index in [1.807, 2.05) is 6.07 Å². The average molecular weight is 184 g/mol. The van der Waals surface area contributed by atoms with Gasteiger partial charge in [-0.2, -0.15) is 5.26 Å². The maximum atomic E-state index is 10.9. The fourth-order valence-electron chi connectivity index (χ4n) is 0.749. The van der Waals surface area contributed by atoms with Gasteiger partial charge in [0.1, 0.15) is 0 Å². The number of nitrogens with one attached hydrogen (secondary N) is 1. The van der Waals surface area contributed by atoms with Crippen LogP contribution in [0.1, 0.15) is 27.7 Å². The Labute approximate surface area is 78.6 Å². The number of hydrogen-bond acceptors (Lipinski definition) is 3. The lowest BCUT2D eigenvalue weighted by molar-refractivity contribution is -0.151. The number of carboxylic acids is 1. The van der Waals surface area contributed by atoms with Crippen LogP contribution < -0.4 is 5.32 Å². The molecule has 0 amide bonds. The molecule has 0 atom stereocenters. The number of hydrogen-bond donors (Lipinski definition) is 2. The van der Waals surface area contributed by atoms with Crippen LogP contribution in [0.2, 0.25) is 0 Å². The Morgan fingerprint density at radius 1 is 1.46 bits per heavy atom. The highest BCUT2D eigenvalue weighted by Gasteiger charge is 2.42. The van der Waals surface area contributed by atoms with Crippen LogP contribution in [0.15, 0.2) is 0 Å². The molecule has 74 valence electrons. The van der Waals surface area contributed by atoms with E-state index >= 15 is 0 Å². The van der Waals surface area contributed by atoms with E-state index in [9.17, 15) is 4.79 Å². The van der Waals surface area contributed by atoms with Gasteiger partial charge in [0.25, 0.3) is 0 Å². The zero-order valence-electron chi connectivity index (χ0n) is 8.51. The standard InChI is InChI=1S/C9H16N2O2/c1-8(2,7(12)13)9(3,4)11-6-5-10/h11H,6H2,1-4H3,(H,12,13). The van der Waals surface area contributed by atoms with Gasteiger partial charge in [-0.25, -0.2) is 0 Å². The van der Waals surface area contributed by atoms with Crippen molar-refractivity contribution in [2.75, 3.05) is 6.54 Å². The Morgan fingerprint density at radius 2 is 1.92 bits per heavy atom. The Morgan fingerprint density at radius 3 is 2.23 bits per heavy atom. The predicted molar refractivity (Wildman–Crippen MR) is 49.1 cm³/mol. The summed E-state index contributed by atoms with van der Waals surface area (Å²) in [6.45, 7) is 6.99. The van der Waals surface area contributed by atoms with E-state index in [1.54, 1.807) is 27.7 Å². The van der Waals surface area contributed by atoms with E-state index in [-0.39, 0.29) is 6.54 Å². The third-order valence-electron chi connectivity index (χ3n) is 2.71. The lowest BCUT2D eigenvalue weighted by atomic mass is 9.74. The fraction of sp³-hybridized carbons (Fsp3) is 0.778. The SMILES string of the molecule is CC(C)(NCC#N)C(C)(C)C(=O)O. The number of nitrogens with zero attached hydrogens (tertiary/aromatic N) is 1. The second-order valence-corrected chi connectivity index (χ2v) is 4.07. The van der Waals surface area contributed by atoms with Gasteiger partial charge in [0.05, 0.1) is 18.0 Å². The number of rotatable bonds is 4. The summed E-state index contributed by atoms with van der Waals surface area (Å²) >= 11 is 0. The number of nitriles is 1. The van der Waals surface area contributed by atoms with Crippen LogP contribution in [-0.2, 0) is 4.79 Å². The van der Waals surface area contributed by atoms with E-state index in [0.29, 0.717) is 0 Å². The van der Waals surface area contributed by atoms with Gasteiger partial charge >= 0.3 is 5.97 Å². The smallest absolute Gasteiger partial charge is 0.310 e. The van der Waals surface area contributed by atoms with Crippen LogP contribution in [0.5, 0.6) is 0 Å². The van der Waals surface area contributed by atoms with E-state index in [1.165, 1.54) is 0 Å². The second-order valence-electron chi connectivity index (χ2n) is 4.07. The van der Waals surface area contributed by atoms with Gasteiger partial charge in [-0.15, -0.1) is 0 Å². The van der Waals surface area contributed by atoms with E-state index < -0.39 is 16.9 Å². The van der Waals surface area contributed by atoms with Gasteiger partial charge < -0.3 is 5.11 Å². The van der Waals surface area contributed by atoms with Crippen LogP contribution in [0.3, 0.4) is 0 Å². The first kappa shape index (κ1) is 11.9. The van der Waals surface area contributed by atoms with Gasteiger partial charge in [-0.1, -0.05) is 0 Å². The minimum Gasteiger partial charge on any atom is -0.481 e. The molecule has 0 unspecified atom stereocenters. The highest BCUT2D eigenvalue weighted by molar-refractivity contribution is 5.75. The van der Waals surface area contributed by atoms with Crippen molar-refractivity contribution in [2.45, 2.75) is 33.2 Å². The van der Waals surface area contributed by atoms with Gasteiger partial charge in [0.2, 0.25) is 0 Å². The minimum atomic E-state index is -0.899. The maximum absolute atomic E-state index is 10.9. The lowest BCUT2D eigenvalue weighted by Gasteiger charge is -2.38. The Balaban J connectivity index is 4.62. The Kier molecular flexibility index (Phi) is 3.44. The van der Waals surface area contributed by atoms with Crippen molar-refractivity contribution in [1.29, 1.82) is 5.26 Å². The summed E-state index contributed by atoms with van der Waals surface area (Å²) < 4.78 is 0. The molecule has 0 aromatic rings. The third-order valence-corrected chi connectivity index (χ3v) is 2.71. The summed E-state index contributed by atoms with van der Waals surface area (Å²) in [4.78, 5) is 10.9. The number of aliphatic carboxylic acids is 1. The predicted octanol–water partition coefficient (Wildman–Crippen LogP) is 0.989. The quantitative estimate of drug-likeness (QED) is 0.639. The fourth-order valence-corrected chi connectivity index (χ4v) is 0.749. The molecule has 0 fully saturated rings. The molecule has 0 bridgehead atoms. The molecule has 0 heterocycles. The molecule has 13 heavy (non-hydrogen) atoms. The normalized spacial score (nSPS) is 12.2. The first-order valence-corrected chi connectivity index (χ1v) is 4.11. The second kappa shape index (κ2) is 3.75. The van der Waals surface area contributed by atoms with Crippen LogP contribution in [0.4, 0.5) is 0 Å². The molecule has 0 saturated heterocycles. The monoisotopic (exact) mass is 184 g/mol. The van der Waals surface area contributed by atoms with Crippen molar-refractivity contribution in [2.24, 2.45) is 5.41 Å². The third kappa shape index (κ3) is 2.43. The first-order chi connectivity index (χ1) is 5.75. The summed E-state index contributed by atoms with van der Waals surface area (Å²) in [5.74, 6) is -0.872. The number of carbonyl (C=O) groups is 1. The van der Waals surface area contributed by atoms with Crippen LogP contribution >= 0.6 is 0 Å². The van der Waals surface area contributed by atoms with E-state index in [0.717, 1.165) is 0 Å². The highest BCUT2D eigenvalue weighted by atomic mass is 16.4. The van der Waals surface area contributed by atoms with Crippen molar-refractivity contribution < 1.29 is 9.90 Å². The number of carboxylic acid groups (broad SMARTS) is 1. The molecule has 2 N–H and O–H groups in total. The topological polar surface area (TPSA) is 73.1 Å². The molecule has 0 radical (unpaired) electrons. The summed E-state index contributed by atoms with van der Waals surface area (Å²) in [5, 5.41) is 20.2. The molecule has 4 heteroatoms. The summed E-state index contributed by atoms with van der Waals surface area (Å²) in [6.07, 6.45) is 0. The summed E-state index contributed by atoms with van der Waals surface area (Å²) in [5.41, 5.74) is -1.50. The van der Waals surface area contributed by atoms with Crippen LogP contribution in [-0.4, -0.2) is 23.2 Å². The van der Waals surface area contributed by atoms with E-state index in [2.05, 4.69) is 5.32 Å². The van der Waals surface area contributed by atoms with Crippen LogP contribution in [0, 0.1) is 16.7 Å². The molecular formula is C9H16N2O2. The average Bonchev–Trinajstić information content (AvgIpc) is 2.00. The molecule has 0 aliphatic heterocycles. The van der Waals surface area contributed by atoms with Crippen molar-refractivity contribution in [3.63, 3.8) is 0 Å². The molecule has 0 rings (SSSR count).